The summed E-state index contributed by atoms with van der Waals surface area (Å²) in [6, 6.07) is -0.0177. The van der Waals surface area contributed by atoms with Gasteiger partial charge in [-0.3, -0.25) is 9.69 Å². The molecule has 3 nitrogen and oxygen atoms in total. The summed E-state index contributed by atoms with van der Waals surface area (Å²) in [5.41, 5.74) is 0. The predicted molar refractivity (Wildman–Crippen MR) is 53.9 cm³/mol. The van der Waals surface area contributed by atoms with Crippen LogP contribution < -0.4 is 5.32 Å². The number of hydrogen-bond donors (Lipinski definition) is 1. The van der Waals surface area contributed by atoms with E-state index in [-0.39, 0.29) is 6.04 Å². The Morgan fingerprint density at radius 2 is 2.19 bits per heavy atom. The predicted octanol–water partition coefficient (Wildman–Crippen LogP) is 1.54. The standard InChI is InChI=1S/C10H17F3N2O/c1-3-7(2)15-5-4-8(6-15)14-9(16)10(11,12)13/h7-8H,3-6H2,1-2H3,(H,14,16). The minimum atomic E-state index is -4.77. The van der Waals surface area contributed by atoms with Gasteiger partial charge in [-0.25, -0.2) is 0 Å². The van der Waals surface area contributed by atoms with Gasteiger partial charge in [0, 0.05) is 25.2 Å². The number of rotatable bonds is 3. The van der Waals surface area contributed by atoms with Crippen LogP contribution in [-0.4, -0.2) is 42.2 Å². The van der Waals surface area contributed by atoms with E-state index >= 15 is 0 Å². The van der Waals surface area contributed by atoms with Crippen LogP contribution in [0, 0.1) is 0 Å². The number of hydrogen-bond acceptors (Lipinski definition) is 2. The maximum Gasteiger partial charge on any atom is 0.471 e. The van der Waals surface area contributed by atoms with Gasteiger partial charge in [-0.15, -0.1) is 0 Å². The molecule has 0 aromatic rings. The van der Waals surface area contributed by atoms with Crippen molar-refractivity contribution in [3.05, 3.63) is 0 Å². The Hall–Kier alpha value is -0.780. The van der Waals surface area contributed by atoms with Crippen molar-refractivity contribution >= 4 is 5.91 Å². The molecule has 1 heterocycles. The molecule has 0 bridgehead atoms. The lowest BCUT2D eigenvalue weighted by Gasteiger charge is -2.23. The zero-order chi connectivity index (χ0) is 12.3. The van der Waals surface area contributed by atoms with E-state index in [1.807, 2.05) is 19.2 Å². The summed E-state index contributed by atoms with van der Waals surface area (Å²) in [6.45, 7) is 5.33. The van der Waals surface area contributed by atoms with E-state index in [0.717, 1.165) is 13.0 Å². The molecule has 2 unspecified atom stereocenters. The summed E-state index contributed by atoms with van der Waals surface area (Å²) in [6.07, 6.45) is -3.23. The summed E-state index contributed by atoms with van der Waals surface area (Å²) < 4.78 is 36.0. The average Bonchev–Trinajstić information content (AvgIpc) is 2.63. The SMILES string of the molecule is CCC(C)N1CCC(NC(=O)C(F)(F)F)C1. The molecule has 16 heavy (non-hydrogen) atoms. The lowest BCUT2D eigenvalue weighted by atomic mass is 10.2. The van der Waals surface area contributed by atoms with Crippen LogP contribution in [0.2, 0.25) is 0 Å². The van der Waals surface area contributed by atoms with Crippen LogP contribution in [0.25, 0.3) is 0 Å². The molecule has 0 saturated carbocycles. The van der Waals surface area contributed by atoms with Crippen molar-refractivity contribution in [3.8, 4) is 0 Å². The van der Waals surface area contributed by atoms with Crippen LogP contribution in [0.1, 0.15) is 26.7 Å². The minimum absolute atomic E-state index is 0.354. The summed E-state index contributed by atoms with van der Waals surface area (Å²) in [7, 11) is 0. The van der Waals surface area contributed by atoms with Gasteiger partial charge in [0.25, 0.3) is 0 Å². The molecule has 1 aliphatic rings. The van der Waals surface area contributed by atoms with E-state index in [4.69, 9.17) is 0 Å². The highest BCUT2D eigenvalue weighted by atomic mass is 19.4. The third-order valence-corrected chi connectivity index (χ3v) is 3.03. The van der Waals surface area contributed by atoms with Gasteiger partial charge in [-0.2, -0.15) is 13.2 Å². The van der Waals surface area contributed by atoms with E-state index in [9.17, 15) is 18.0 Å². The van der Waals surface area contributed by atoms with E-state index in [1.165, 1.54) is 0 Å². The molecule has 1 aliphatic heterocycles. The number of alkyl halides is 3. The first-order valence-electron chi connectivity index (χ1n) is 5.46. The number of amides is 1. The lowest BCUT2D eigenvalue weighted by molar-refractivity contribution is -0.174. The molecule has 0 aromatic heterocycles. The van der Waals surface area contributed by atoms with Crippen molar-refractivity contribution in [2.24, 2.45) is 0 Å². The Balaban J connectivity index is 2.40. The third kappa shape index (κ3) is 3.37. The monoisotopic (exact) mass is 238 g/mol. The lowest BCUT2D eigenvalue weighted by Crippen LogP contribution is -2.44. The average molecular weight is 238 g/mol. The van der Waals surface area contributed by atoms with Crippen LogP contribution in [0.5, 0.6) is 0 Å². The number of nitrogens with one attached hydrogen (secondary N) is 1. The maximum absolute atomic E-state index is 12.0. The second kappa shape index (κ2) is 5.03. The van der Waals surface area contributed by atoms with Gasteiger partial charge >= 0.3 is 12.1 Å². The third-order valence-electron chi connectivity index (χ3n) is 3.03. The first-order chi connectivity index (χ1) is 7.34. The molecule has 1 saturated heterocycles. The van der Waals surface area contributed by atoms with Crippen molar-refractivity contribution in [1.29, 1.82) is 0 Å². The minimum Gasteiger partial charge on any atom is -0.344 e. The molecule has 1 fully saturated rings. The van der Waals surface area contributed by atoms with Crippen molar-refractivity contribution in [2.45, 2.75) is 44.9 Å². The second-order valence-electron chi connectivity index (χ2n) is 4.21. The van der Waals surface area contributed by atoms with E-state index in [2.05, 4.69) is 4.90 Å². The molecular weight excluding hydrogens is 221 g/mol. The first-order valence-corrected chi connectivity index (χ1v) is 5.46. The zero-order valence-electron chi connectivity index (χ0n) is 9.47. The number of carbonyl (C=O) groups is 1. The van der Waals surface area contributed by atoms with Crippen LogP contribution in [0.3, 0.4) is 0 Å². The highest BCUT2D eigenvalue weighted by molar-refractivity contribution is 5.81. The summed E-state index contributed by atoms with van der Waals surface area (Å²) in [4.78, 5) is 12.8. The fourth-order valence-corrected chi connectivity index (χ4v) is 1.83. The Kier molecular flexibility index (Phi) is 4.18. The number of carbonyl (C=O) groups excluding carboxylic acids is 1. The Bertz CT molecular complexity index is 255. The quantitative estimate of drug-likeness (QED) is 0.808. The van der Waals surface area contributed by atoms with Crippen molar-refractivity contribution < 1.29 is 18.0 Å². The molecule has 1 N–H and O–H groups in total. The zero-order valence-corrected chi connectivity index (χ0v) is 9.47. The first kappa shape index (κ1) is 13.3. The van der Waals surface area contributed by atoms with Gasteiger partial charge in [0.05, 0.1) is 0 Å². The van der Waals surface area contributed by atoms with Crippen molar-refractivity contribution in [2.75, 3.05) is 13.1 Å². The molecule has 0 aromatic carbocycles. The Morgan fingerprint density at radius 1 is 1.56 bits per heavy atom. The van der Waals surface area contributed by atoms with Gasteiger partial charge in [-0.05, 0) is 19.8 Å². The smallest absolute Gasteiger partial charge is 0.344 e. The highest BCUT2D eigenvalue weighted by Gasteiger charge is 2.40. The fraction of sp³-hybridized carbons (Fsp3) is 0.900. The second-order valence-corrected chi connectivity index (χ2v) is 4.21. The topological polar surface area (TPSA) is 32.3 Å². The molecule has 1 amide bonds. The van der Waals surface area contributed by atoms with Crippen LogP contribution in [-0.2, 0) is 4.79 Å². The molecule has 1 rings (SSSR count). The van der Waals surface area contributed by atoms with E-state index < -0.39 is 12.1 Å². The molecule has 0 aliphatic carbocycles. The molecule has 2 atom stereocenters. The Morgan fingerprint density at radius 3 is 2.69 bits per heavy atom. The molecule has 94 valence electrons. The van der Waals surface area contributed by atoms with Crippen LogP contribution >= 0.6 is 0 Å². The largest absolute Gasteiger partial charge is 0.471 e. The van der Waals surface area contributed by atoms with Crippen molar-refractivity contribution in [3.63, 3.8) is 0 Å². The normalized spacial score (nSPS) is 24.4. The number of likely N-dealkylation sites (tertiary alicyclic amines) is 1. The maximum atomic E-state index is 12.0. The summed E-state index contributed by atoms with van der Waals surface area (Å²) >= 11 is 0. The number of halogens is 3. The summed E-state index contributed by atoms with van der Waals surface area (Å²) in [5.74, 6) is -1.83. The van der Waals surface area contributed by atoms with Crippen LogP contribution in [0.4, 0.5) is 13.2 Å². The highest BCUT2D eigenvalue weighted by Crippen LogP contribution is 2.18. The fourth-order valence-electron chi connectivity index (χ4n) is 1.83. The van der Waals surface area contributed by atoms with Gasteiger partial charge < -0.3 is 5.32 Å². The van der Waals surface area contributed by atoms with Gasteiger partial charge in [0.2, 0.25) is 0 Å². The summed E-state index contributed by atoms with van der Waals surface area (Å²) in [5, 5.41) is 2.02. The Labute approximate surface area is 93.0 Å². The van der Waals surface area contributed by atoms with Gasteiger partial charge in [0.15, 0.2) is 0 Å². The molecular formula is C10H17F3N2O. The van der Waals surface area contributed by atoms with Gasteiger partial charge in [-0.1, -0.05) is 6.92 Å². The van der Waals surface area contributed by atoms with Crippen molar-refractivity contribution in [1.82, 2.24) is 10.2 Å². The number of nitrogens with zero attached hydrogens (tertiary/aromatic N) is 1. The molecule has 0 spiro atoms. The molecule has 0 radical (unpaired) electrons. The van der Waals surface area contributed by atoms with Crippen LogP contribution in [0.15, 0.2) is 0 Å². The van der Waals surface area contributed by atoms with E-state index in [1.54, 1.807) is 0 Å². The van der Waals surface area contributed by atoms with E-state index in [0.29, 0.717) is 19.0 Å². The molecule has 6 heteroatoms. The van der Waals surface area contributed by atoms with Gasteiger partial charge in [0.1, 0.15) is 0 Å².